The summed E-state index contributed by atoms with van der Waals surface area (Å²) in [5.74, 6) is -3.53. The molecular formula is C7H12BF2O5P. The topological polar surface area (TPSA) is 65.0 Å². The first-order valence-corrected chi connectivity index (χ1v) is 6.47. The summed E-state index contributed by atoms with van der Waals surface area (Å²) in [5, 5.41) is 0. The van der Waals surface area contributed by atoms with Gasteiger partial charge in [-0.15, -0.1) is 0 Å². The number of methoxy groups -OCH3 is 1. The molecule has 0 aromatic carbocycles. The summed E-state index contributed by atoms with van der Waals surface area (Å²) < 4.78 is 51.7. The summed E-state index contributed by atoms with van der Waals surface area (Å²) >= 11 is 0. The first-order valence-electron chi connectivity index (χ1n) is 4.45. The maximum Gasteiger partial charge on any atom is 0.325 e. The van der Waals surface area contributed by atoms with E-state index in [0.717, 1.165) is 6.66 Å². The largest absolute Gasteiger partial charge is 0.382 e. The lowest BCUT2D eigenvalue weighted by molar-refractivity contribution is -0.0839. The van der Waals surface area contributed by atoms with E-state index in [1.165, 1.54) is 7.11 Å². The molecule has 2 radical (unpaired) electrons. The average molecular weight is 256 g/mol. The molecule has 1 fully saturated rings. The lowest BCUT2D eigenvalue weighted by Gasteiger charge is -2.24. The Bertz CT molecular complexity index is 297. The van der Waals surface area contributed by atoms with E-state index in [2.05, 4.69) is 9.26 Å². The van der Waals surface area contributed by atoms with Gasteiger partial charge in [-0.1, -0.05) is 0 Å². The second-order valence-electron chi connectivity index (χ2n) is 3.55. The summed E-state index contributed by atoms with van der Waals surface area (Å²) in [4.78, 5) is 8.95. The number of rotatable bonds is 4. The van der Waals surface area contributed by atoms with Crippen molar-refractivity contribution in [2.75, 3.05) is 20.4 Å². The molecule has 0 aromatic rings. The predicted molar refractivity (Wildman–Crippen MR) is 51.9 cm³/mol. The van der Waals surface area contributed by atoms with Crippen LogP contribution in [0.5, 0.6) is 0 Å². The van der Waals surface area contributed by atoms with Crippen molar-refractivity contribution in [2.45, 2.75) is 24.1 Å². The van der Waals surface area contributed by atoms with E-state index in [1.54, 1.807) is 0 Å². The molecule has 0 spiro atoms. The van der Waals surface area contributed by atoms with Crippen LogP contribution >= 0.6 is 7.60 Å². The summed E-state index contributed by atoms with van der Waals surface area (Å²) in [6.07, 6.45) is -3.06. The average Bonchev–Trinajstić information content (AvgIpc) is 2.28. The van der Waals surface area contributed by atoms with Crippen molar-refractivity contribution in [1.82, 2.24) is 0 Å². The normalized spacial score (nSPS) is 37.2. The van der Waals surface area contributed by atoms with Crippen LogP contribution in [0.2, 0.25) is 0 Å². The van der Waals surface area contributed by atoms with Crippen molar-refractivity contribution < 1.29 is 32.2 Å². The zero-order chi connectivity index (χ0) is 12.6. The zero-order valence-electron chi connectivity index (χ0n) is 8.80. The Labute approximate surface area is 93.0 Å². The van der Waals surface area contributed by atoms with E-state index in [1.807, 2.05) is 0 Å². The van der Waals surface area contributed by atoms with Gasteiger partial charge < -0.3 is 14.4 Å². The molecule has 1 N–H and O–H groups in total. The molecule has 0 aliphatic carbocycles. The first kappa shape index (κ1) is 14.1. The Hall–Kier alpha value is -0.00506. The van der Waals surface area contributed by atoms with E-state index in [-0.39, 0.29) is 6.61 Å². The van der Waals surface area contributed by atoms with Crippen LogP contribution in [0.25, 0.3) is 0 Å². The fraction of sp³-hybridized carbons (Fsp3) is 1.00. The van der Waals surface area contributed by atoms with E-state index in [4.69, 9.17) is 17.5 Å². The third-order valence-electron chi connectivity index (χ3n) is 2.06. The SMILES string of the molecule is [B][C@@H]1O[C@H](COC)C(OP(C)(=O)O)C1(F)F. The van der Waals surface area contributed by atoms with Gasteiger partial charge >= 0.3 is 7.60 Å². The molecule has 4 atom stereocenters. The summed E-state index contributed by atoms with van der Waals surface area (Å²) in [6.45, 7) is 0.616. The van der Waals surface area contributed by atoms with E-state index < -0.39 is 31.7 Å². The van der Waals surface area contributed by atoms with Crippen LogP contribution < -0.4 is 0 Å². The smallest absolute Gasteiger partial charge is 0.325 e. The highest BCUT2D eigenvalue weighted by Crippen LogP contribution is 2.47. The molecule has 1 saturated heterocycles. The van der Waals surface area contributed by atoms with Gasteiger partial charge in [0, 0.05) is 13.8 Å². The summed E-state index contributed by atoms with van der Waals surface area (Å²) in [6, 6.07) is -1.87. The van der Waals surface area contributed by atoms with Crippen molar-refractivity contribution >= 4 is 15.4 Å². The molecular weight excluding hydrogens is 244 g/mol. The fourth-order valence-electron chi connectivity index (χ4n) is 1.40. The molecule has 1 aliphatic rings. The van der Waals surface area contributed by atoms with Crippen LogP contribution in [-0.2, 0) is 18.6 Å². The maximum atomic E-state index is 13.4. The van der Waals surface area contributed by atoms with Gasteiger partial charge in [0.2, 0.25) is 0 Å². The number of hydrogen-bond donors (Lipinski definition) is 1. The van der Waals surface area contributed by atoms with E-state index in [9.17, 15) is 13.3 Å². The van der Waals surface area contributed by atoms with Gasteiger partial charge in [-0.25, -0.2) is 8.78 Å². The van der Waals surface area contributed by atoms with Gasteiger partial charge in [0.05, 0.1) is 12.6 Å². The van der Waals surface area contributed by atoms with Crippen molar-refractivity contribution in [3.05, 3.63) is 0 Å². The van der Waals surface area contributed by atoms with Crippen LogP contribution in [0.1, 0.15) is 0 Å². The number of hydrogen-bond acceptors (Lipinski definition) is 4. The third kappa shape index (κ3) is 3.02. The van der Waals surface area contributed by atoms with Crippen molar-refractivity contribution in [1.29, 1.82) is 0 Å². The Morgan fingerprint density at radius 3 is 2.62 bits per heavy atom. The van der Waals surface area contributed by atoms with Gasteiger partial charge in [0.15, 0.2) is 6.10 Å². The van der Waals surface area contributed by atoms with E-state index >= 15 is 0 Å². The Balaban J connectivity index is 2.85. The van der Waals surface area contributed by atoms with Crippen LogP contribution in [0.15, 0.2) is 0 Å². The van der Waals surface area contributed by atoms with Crippen LogP contribution in [0.3, 0.4) is 0 Å². The van der Waals surface area contributed by atoms with Gasteiger partial charge in [0.1, 0.15) is 14.0 Å². The highest BCUT2D eigenvalue weighted by atomic mass is 31.2. The van der Waals surface area contributed by atoms with Gasteiger partial charge in [0.25, 0.3) is 5.92 Å². The predicted octanol–water partition coefficient (Wildman–Crippen LogP) is 0.362. The second-order valence-corrected chi connectivity index (χ2v) is 5.37. The Morgan fingerprint density at radius 1 is 1.62 bits per heavy atom. The molecule has 9 heteroatoms. The lowest BCUT2D eigenvalue weighted by atomic mass is 9.92. The molecule has 2 unspecified atom stereocenters. The van der Waals surface area contributed by atoms with E-state index in [0.29, 0.717) is 0 Å². The Morgan fingerprint density at radius 2 is 2.19 bits per heavy atom. The molecule has 16 heavy (non-hydrogen) atoms. The molecule has 0 aromatic heterocycles. The molecule has 0 bridgehead atoms. The number of halogens is 2. The summed E-state index contributed by atoms with van der Waals surface area (Å²) in [7, 11) is 2.29. The maximum absolute atomic E-state index is 13.4. The quantitative estimate of drug-likeness (QED) is 0.581. The number of alkyl halides is 2. The van der Waals surface area contributed by atoms with Crippen LogP contribution in [-0.4, -0.2) is 57.3 Å². The van der Waals surface area contributed by atoms with Crippen LogP contribution in [0.4, 0.5) is 8.78 Å². The van der Waals surface area contributed by atoms with Crippen molar-refractivity contribution in [2.24, 2.45) is 0 Å². The van der Waals surface area contributed by atoms with Crippen LogP contribution in [0, 0.1) is 0 Å². The first-order chi connectivity index (χ1) is 7.18. The molecule has 5 nitrogen and oxygen atoms in total. The molecule has 1 heterocycles. The van der Waals surface area contributed by atoms with Gasteiger partial charge in [-0.3, -0.25) is 9.09 Å². The van der Waals surface area contributed by atoms with Gasteiger partial charge in [-0.2, -0.15) is 0 Å². The highest BCUT2D eigenvalue weighted by molar-refractivity contribution is 7.51. The molecule has 1 rings (SSSR count). The minimum absolute atomic E-state index is 0.200. The minimum Gasteiger partial charge on any atom is -0.382 e. The number of ether oxygens (including phenoxy) is 2. The Kier molecular flexibility index (Phi) is 4.13. The second kappa shape index (κ2) is 4.70. The fourth-order valence-corrected chi connectivity index (χ4v) is 2.10. The minimum atomic E-state index is -4.05. The van der Waals surface area contributed by atoms with Gasteiger partial charge in [-0.05, 0) is 0 Å². The standard InChI is InChI=1S/C7H12BF2O5P/c1-13-3-4-5(15-16(2,11)12)7(9,10)6(8)14-4/h4-6H,3H2,1-2H3,(H,11,12)/t4-,5?,6-/m1/s1. The van der Waals surface area contributed by atoms with Crippen molar-refractivity contribution in [3.8, 4) is 0 Å². The third-order valence-corrected chi connectivity index (χ3v) is 2.68. The monoisotopic (exact) mass is 256 g/mol. The molecule has 0 amide bonds. The summed E-state index contributed by atoms with van der Waals surface area (Å²) in [5.41, 5.74) is 0. The molecule has 1 aliphatic heterocycles. The highest BCUT2D eigenvalue weighted by Gasteiger charge is 2.58. The van der Waals surface area contributed by atoms with Crippen molar-refractivity contribution in [3.63, 3.8) is 0 Å². The molecule has 0 saturated carbocycles. The lowest BCUT2D eigenvalue weighted by Crippen LogP contribution is -2.42. The molecule has 92 valence electrons. The zero-order valence-corrected chi connectivity index (χ0v) is 9.69.